The molecule has 1 N–H and O–H groups in total. The van der Waals surface area contributed by atoms with Crippen LogP contribution in [0, 0.1) is 5.92 Å². The van der Waals surface area contributed by atoms with Crippen LogP contribution in [0.1, 0.15) is 48.5 Å². The van der Waals surface area contributed by atoms with Gasteiger partial charge in [-0.2, -0.15) is 0 Å². The lowest BCUT2D eigenvalue weighted by Gasteiger charge is -2.47. The minimum Gasteiger partial charge on any atom is -0.311 e. The van der Waals surface area contributed by atoms with Crippen molar-refractivity contribution in [2.45, 2.75) is 72.1 Å². The van der Waals surface area contributed by atoms with Crippen LogP contribution < -0.4 is 5.32 Å². The van der Waals surface area contributed by atoms with E-state index in [1.165, 1.54) is 13.1 Å². The van der Waals surface area contributed by atoms with E-state index in [-0.39, 0.29) is 5.54 Å². The molecular formula is C16H35N3. The first kappa shape index (κ1) is 16.9. The van der Waals surface area contributed by atoms with E-state index in [0.717, 1.165) is 6.54 Å². The zero-order valence-electron chi connectivity index (χ0n) is 14.3. The van der Waals surface area contributed by atoms with E-state index in [0.29, 0.717) is 24.0 Å². The van der Waals surface area contributed by atoms with Crippen LogP contribution in [0.5, 0.6) is 0 Å². The molecule has 3 atom stereocenters. The molecule has 3 nitrogen and oxygen atoms in total. The van der Waals surface area contributed by atoms with Gasteiger partial charge in [-0.05, 0) is 47.6 Å². The third kappa shape index (κ3) is 5.05. The van der Waals surface area contributed by atoms with E-state index in [1.54, 1.807) is 0 Å². The average molecular weight is 269 g/mol. The topological polar surface area (TPSA) is 18.5 Å². The molecular weight excluding hydrogens is 234 g/mol. The molecule has 0 bridgehead atoms. The van der Waals surface area contributed by atoms with E-state index in [9.17, 15) is 0 Å². The Morgan fingerprint density at radius 1 is 1.11 bits per heavy atom. The Morgan fingerprint density at radius 3 is 1.95 bits per heavy atom. The zero-order chi connectivity index (χ0) is 14.8. The SMILES string of the molecule is CC(C)C(CNC(C)(C)C)N1CC(C)N(C)C(C)C1. The Morgan fingerprint density at radius 2 is 1.58 bits per heavy atom. The third-order valence-electron chi connectivity index (χ3n) is 4.47. The van der Waals surface area contributed by atoms with Gasteiger partial charge in [-0.3, -0.25) is 9.80 Å². The van der Waals surface area contributed by atoms with Crippen molar-refractivity contribution in [3.8, 4) is 0 Å². The third-order valence-corrected chi connectivity index (χ3v) is 4.47. The average Bonchev–Trinajstić information content (AvgIpc) is 2.23. The molecule has 1 fully saturated rings. The Kier molecular flexibility index (Phi) is 5.84. The van der Waals surface area contributed by atoms with Gasteiger partial charge in [0.1, 0.15) is 0 Å². The molecule has 3 heteroatoms. The van der Waals surface area contributed by atoms with Crippen molar-refractivity contribution in [2.75, 3.05) is 26.7 Å². The molecule has 1 aliphatic rings. The second kappa shape index (κ2) is 6.55. The van der Waals surface area contributed by atoms with E-state index in [1.807, 2.05) is 0 Å². The maximum Gasteiger partial charge on any atom is 0.0245 e. The van der Waals surface area contributed by atoms with Crippen LogP contribution in [0.2, 0.25) is 0 Å². The lowest BCUT2D eigenvalue weighted by Crippen LogP contribution is -2.60. The molecule has 0 aromatic heterocycles. The fraction of sp³-hybridized carbons (Fsp3) is 1.00. The lowest BCUT2D eigenvalue weighted by atomic mass is 9.97. The fourth-order valence-corrected chi connectivity index (χ4v) is 2.91. The molecule has 0 saturated carbocycles. The summed E-state index contributed by atoms with van der Waals surface area (Å²) in [5.41, 5.74) is 0.205. The Bertz CT molecular complexity index is 258. The molecule has 3 unspecified atom stereocenters. The normalized spacial score (nSPS) is 28.9. The van der Waals surface area contributed by atoms with Crippen LogP contribution in [0.3, 0.4) is 0 Å². The fourth-order valence-electron chi connectivity index (χ4n) is 2.91. The maximum absolute atomic E-state index is 3.69. The summed E-state index contributed by atoms with van der Waals surface area (Å²) in [6, 6.07) is 1.94. The minimum atomic E-state index is 0.205. The van der Waals surface area contributed by atoms with Crippen molar-refractivity contribution in [3.63, 3.8) is 0 Å². The van der Waals surface area contributed by atoms with Crippen LogP contribution in [-0.4, -0.2) is 60.1 Å². The summed E-state index contributed by atoms with van der Waals surface area (Å²) in [7, 11) is 2.25. The van der Waals surface area contributed by atoms with Gasteiger partial charge in [-0.1, -0.05) is 13.8 Å². The molecule has 1 aliphatic heterocycles. The predicted octanol–water partition coefficient (Wildman–Crippen LogP) is 2.42. The molecule has 0 amide bonds. The van der Waals surface area contributed by atoms with E-state index >= 15 is 0 Å². The quantitative estimate of drug-likeness (QED) is 0.845. The molecule has 19 heavy (non-hydrogen) atoms. The Balaban J connectivity index is 2.66. The summed E-state index contributed by atoms with van der Waals surface area (Å²) in [5.74, 6) is 0.692. The van der Waals surface area contributed by atoms with Gasteiger partial charge in [0.05, 0.1) is 0 Å². The van der Waals surface area contributed by atoms with Crippen molar-refractivity contribution in [2.24, 2.45) is 5.92 Å². The Hall–Kier alpha value is -0.120. The van der Waals surface area contributed by atoms with Crippen molar-refractivity contribution in [3.05, 3.63) is 0 Å². The maximum atomic E-state index is 3.69. The highest BCUT2D eigenvalue weighted by Gasteiger charge is 2.32. The summed E-state index contributed by atoms with van der Waals surface area (Å²) in [5, 5.41) is 3.69. The highest BCUT2D eigenvalue weighted by atomic mass is 15.3. The second-order valence-corrected chi connectivity index (χ2v) is 7.76. The lowest BCUT2D eigenvalue weighted by molar-refractivity contribution is 0.0192. The van der Waals surface area contributed by atoms with Crippen molar-refractivity contribution >= 4 is 0 Å². The predicted molar refractivity (Wildman–Crippen MR) is 84.6 cm³/mol. The van der Waals surface area contributed by atoms with E-state index in [2.05, 4.69) is 70.6 Å². The first-order valence-corrected chi connectivity index (χ1v) is 7.83. The number of likely N-dealkylation sites (N-methyl/N-ethyl adjacent to an activating group) is 1. The van der Waals surface area contributed by atoms with Gasteiger partial charge in [-0.25, -0.2) is 0 Å². The molecule has 1 saturated heterocycles. The zero-order valence-corrected chi connectivity index (χ0v) is 14.3. The van der Waals surface area contributed by atoms with Crippen molar-refractivity contribution in [1.29, 1.82) is 0 Å². The van der Waals surface area contributed by atoms with Gasteiger partial charge < -0.3 is 5.32 Å². The summed E-state index contributed by atoms with van der Waals surface area (Å²) in [6.07, 6.45) is 0. The van der Waals surface area contributed by atoms with Gasteiger partial charge >= 0.3 is 0 Å². The highest BCUT2D eigenvalue weighted by Crippen LogP contribution is 2.20. The molecule has 0 spiro atoms. The van der Waals surface area contributed by atoms with Gasteiger partial charge in [0.2, 0.25) is 0 Å². The number of piperazine rings is 1. The van der Waals surface area contributed by atoms with Crippen LogP contribution in [0.4, 0.5) is 0 Å². The molecule has 0 aliphatic carbocycles. The highest BCUT2D eigenvalue weighted by molar-refractivity contribution is 4.89. The number of hydrogen-bond donors (Lipinski definition) is 1. The smallest absolute Gasteiger partial charge is 0.0245 e. The van der Waals surface area contributed by atoms with Crippen molar-refractivity contribution < 1.29 is 0 Å². The molecule has 0 radical (unpaired) electrons. The molecule has 0 aromatic carbocycles. The molecule has 0 aromatic rings. The van der Waals surface area contributed by atoms with Crippen LogP contribution in [0.25, 0.3) is 0 Å². The van der Waals surface area contributed by atoms with Gasteiger partial charge in [0, 0.05) is 43.3 Å². The van der Waals surface area contributed by atoms with E-state index < -0.39 is 0 Å². The van der Waals surface area contributed by atoms with Gasteiger partial charge in [0.25, 0.3) is 0 Å². The molecule has 1 heterocycles. The number of rotatable bonds is 4. The molecule has 114 valence electrons. The van der Waals surface area contributed by atoms with Gasteiger partial charge in [0.15, 0.2) is 0 Å². The largest absolute Gasteiger partial charge is 0.311 e. The summed E-state index contributed by atoms with van der Waals surface area (Å²) in [4.78, 5) is 5.20. The first-order chi connectivity index (χ1) is 8.61. The van der Waals surface area contributed by atoms with E-state index in [4.69, 9.17) is 0 Å². The number of nitrogens with zero attached hydrogens (tertiary/aromatic N) is 2. The van der Waals surface area contributed by atoms with Gasteiger partial charge in [-0.15, -0.1) is 0 Å². The van der Waals surface area contributed by atoms with Crippen LogP contribution in [0.15, 0.2) is 0 Å². The molecule has 1 rings (SSSR count). The van der Waals surface area contributed by atoms with Crippen molar-refractivity contribution in [1.82, 2.24) is 15.1 Å². The summed E-state index contributed by atoms with van der Waals surface area (Å²) in [6.45, 7) is 19.6. The minimum absolute atomic E-state index is 0.205. The number of nitrogens with one attached hydrogen (secondary N) is 1. The summed E-state index contributed by atoms with van der Waals surface area (Å²) < 4.78 is 0. The standard InChI is InChI=1S/C16H35N3/c1-12(2)15(9-17-16(5,6)7)19-10-13(3)18(8)14(4)11-19/h12-15,17H,9-11H2,1-8H3. The first-order valence-electron chi connectivity index (χ1n) is 7.83. The van der Waals surface area contributed by atoms with Crippen LogP contribution in [-0.2, 0) is 0 Å². The second-order valence-electron chi connectivity index (χ2n) is 7.76. The summed E-state index contributed by atoms with van der Waals surface area (Å²) >= 11 is 0. The van der Waals surface area contributed by atoms with Crippen LogP contribution >= 0.6 is 0 Å². The number of hydrogen-bond acceptors (Lipinski definition) is 3. The monoisotopic (exact) mass is 269 g/mol. The Labute approximate surface area is 120 Å².